The first-order valence-corrected chi connectivity index (χ1v) is 6.28. The van der Waals surface area contributed by atoms with Gasteiger partial charge in [0.25, 0.3) is 5.91 Å². The first-order valence-electron chi connectivity index (χ1n) is 5.47. The second-order valence-corrected chi connectivity index (χ2v) is 4.99. The maximum atomic E-state index is 11.5. The lowest BCUT2D eigenvalue weighted by molar-refractivity contribution is 0.0953. The van der Waals surface area contributed by atoms with Gasteiger partial charge in [0.2, 0.25) is 0 Å². The number of hydrazine groups is 1. The third kappa shape index (κ3) is 2.53. The summed E-state index contributed by atoms with van der Waals surface area (Å²) in [6, 6.07) is 13.6. The third-order valence-corrected chi connectivity index (χ3v) is 3.88. The van der Waals surface area contributed by atoms with Gasteiger partial charge in [0.1, 0.15) is 0 Å². The minimum atomic E-state index is -0.280. The zero-order chi connectivity index (χ0) is 12.5. The number of fused-ring (bicyclic) bond motifs is 2. The van der Waals surface area contributed by atoms with Gasteiger partial charge < -0.3 is 5.32 Å². The lowest BCUT2D eigenvalue weighted by atomic mass is 10.2. The van der Waals surface area contributed by atoms with Gasteiger partial charge in [-0.15, -0.1) is 12.4 Å². The standard InChI is InChI=1S/C13H11N3OS.ClH/c14-16-13(17)8-5-6-10-12(7-8)18-11-4-2-1-3-9(11)15-10;/h1-7,15H,14H2,(H,16,17);1H. The van der Waals surface area contributed by atoms with Crippen LogP contribution in [0.4, 0.5) is 11.4 Å². The maximum Gasteiger partial charge on any atom is 0.265 e. The summed E-state index contributed by atoms with van der Waals surface area (Å²) in [6.07, 6.45) is 0. The highest BCUT2D eigenvalue weighted by Gasteiger charge is 2.16. The van der Waals surface area contributed by atoms with Crippen LogP contribution < -0.4 is 16.6 Å². The normalized spacial score (nSPS) is 11.4. The lowest BCUT2D eigenvalue weighted by Gasteiger charge is -2.20. The Labute approximate surface area is 121 Å². The van der Waals surface area contributed by atoms with Gasteiger partial charge in [0, 0.05) is 15.4 Å². The molecule has 0 atom stereocenters. The highest BCUT2D eigenvalue weighted by atomic mass is 35.5. The molecule has 0 fully saturated rings. The second kappa shape index (κ2) is 5.52. The molecule has 1 amide bonds. The fourth-order valence-corrected chi connectivity index (χ4v) is 2.88. The Morgan fingerprint density at radius 3 is 2.63 bits per heavy atom. The van der Waals surface area contributed by atoms with Crippen LogP contribution in [0.3, 0.4) is 0 Å². The molecule has 1 aliphatic rings. The molecule has 2 aromatic carbocycles. The Bertz CT molecular complexity index is 633. The molecule has 1 aliphatic heterocycles. The Balaban J connectivity index is 0.00000133. The number of rotatable bonds is 1. The smallest absolute Gasteiger partial charge is 0.265 e. The summed E-state index contributed by atoms with van der Waals surface area (Å²) in [5, 5.41) is 3.34. The van der Waals surface area contributed by atoms with Gasteiger partial charge >= 0.3 is 0 Å². The number of hydrogen-bond donors (Lipinski definition) is 3. The van der Waals surface area contributed by atoms with Crippen LogP contribution in [0.5, 0.6) is 0 Å². The first-order chi connectivity index (χ1) is 8.78. The number of amides is 1. The molecule has 4 nitrogen and oxygen atoms in total. The van der Waals surface area contributed by atoms with E-state index in [0.29, 0.717) is 5.56 Å². The van der Waals surface area contributed by atoms with Crippen molar-refractivity contribution in [1.29, 1.82) is 0 Å². The van der Waals surface area contributed by atoms with Crippen LogP contribution in [-0.4, -0.2) is 5.91 Å². The SMILES string of the molecule is Cl.NNC(=O)c1ccc2c(c1)Sc1ccccc1N2. The van der Waals surface area contributed by atoms with Crippen molar-refractivity contribution >= 4 is 41.5 Å². The van der Waals surface area contributed by atoms with E-state index in [4.69, 9.17) is 5.84 Å². The second-order valence-electron chi connectivity index (χ2n) is 3.91. The molecule has 3 rings (SSSR count). The lowest BCUT2D eigenvalue weighted by Crippen LogP contribution is -2.30. The van der Waals surface area contributed by atoms with Gasteiger partial charge in [0.05, 0.1) is 11.4 Å². The van der Waals surface area contributed by atoms with E-state index in [1.165, 1.54) is 0 Å². The van der Waals surface area contributed by atoms with E-state index in [9.17, 15) is 4.79 Å². The molecule has 0 bridgehead atoms. The van der Waals surface area contributed by atoms with Gasteiger partial charge in [-0.3, -0.25) is 10.2 Å². The van der Waals surface area contributed by atoms with Crippen LogP contribution >= 0.6 is 24.2 Å². The predicted molar refractivity (Wildman–Crippen MR) is 79.2 cm³/mol. The van der Waals surface area contributed by atoms with Crippen molar-refractivity contribution in [3.63, 3.8) is 0 Å². The summed E-state index contributed by atoms with van der Waals surface area (Å²) in [7, 11) is 0. The minimum absolute atomic E-state index is 0. The highest BCUT2D eigenvalue weighted by molar-refractivity contribution is 7.99. The molecular weight excluding hydrogens is 282 g/mol. The van der Waals surface area contributed by atoms with Crippen LogP contribution in [0, 0.1) is 0 Å². The van der Waals surface area contributed by atoms with Crippen LogP contribution in [0.1, 0.15) is 10.4 Å². The molecule has 2 aromatic rings. The number of para-hydroxylation sites is 1. The molecule has 0 saturated carbocycles. The number of anilines is 2. The van der Waals surface area contributed by atoms with E-state index in [2.05, 4.69) is 10.7 Å². The van der Waals surface area contributed by atoms with E-state index in [1.807, 2.05) is 36.4 Å². The molecule has 98 valence electrons. The monoisotopic (exact) mass is 293 g/mol. The molecule has 0 spiro atoms. The number of nitrogens with one attached hydrogen (secondary N) is 2. The van der Waals surface area contributed by atoms with Crippen molar-refractivity contribution in [2.75, 3.05) is 5.32 Å². The Kier molecular flexibility index (Phi) is 3.99. The van der Waals surface area contributed by atoms with Crippen LogP contribution in [0.15, 0.2) is 52.3 Å². The number of hydrogen-bond acceptors (Lipinski definition) is 4. The van der Waals surface area contributed by atoms with Crippen LogP contribution in [0.25, 0.3) is 0 Å². The van der Waals surface area contributed by atoms with Crippen molar-refractivity contribution in [3.05, 3.63) is 48.0 Å². The van der Waals surface area contributed by atoms with Gasteiger partial charge in [-0.2, -0.15) is 0 Å². The number of carbonyl (C=O) groups excluding carboxylic acids is 1. The van der Waals surface area contributed by atoms with Crippen LogP contribution in [0.2, 0.25) is 0 Å². The number of benzene rings is 2. The first kappa shape index (κ1) is 13.7. The van der Waals surface area contributed by atoms with Gasteiger partial charge in [-0.25, -0.2) is 5.84 Å². The number of nitrogen functional groups attached to an aromatic ring is 1. The van der Waals surface area contributed by atoms with E-state index in [1.54, 1.807) is 17.8 Å². The topological polar surface area (TPSA) is 67.1 Å². The van der Waals surface area contributed by atoms with E-state index in [0.717, 1.165) is 21.2 Å². The van der Waals surface area contributed by atoms with Crippen LogP contribution in [-0.2, 0) is 0 Å². The van der Waals surface area contributed by atoms with E-state index in [-0.39, 0.29) is 18.3 Å². The zero-order valence-electron chi connectivity index (χ0n) is 9.84. The van der Waals surface area contributed by atoms with Crippen molar-refractivity contribution < 1.29 is 4.79 Å². The third-order valence-electron chi connectivity index (χ3n) is 2.75. The molecule has 0 unspecified atom stereocenters. The Morgan fingerprint density at radius 1 is 1.11 bits per heavy atom. The molecule has 1 heterocycles. The molecule has 0 aromatic heterocycles. The average molecular weight is 294 g/mol. The zero-order valence-corrected chi connectivity index (χ0v) is 11.5. The fraction of sp³-hybridized carbons (Fsp3) is 0. The van der Waals surface area contributed by atoms with Gasteiger partial charge in [0.15, 0.2) is 0 Å². The molecule has 4 N–H and O–H groups in total. The van der Waals surface area contributed by atoms with Gasteiger partial charge in [-0.05, 0) is 30.3 Å². The van der Waals surface area contributed by atoms with Gasteiger partial charge in [-0.1, -0.05) is 23.9 Å². The van der Waals surface area contributed by atoms with E-state index < -0.39 is 0 Å². The molecule has 0 saturated heterocycles. The number of halogens is 1. The largest absolute Gasteiger partial charge is 0.354 e. The number of carbonyl (C=O) groups is 1. The molecule has 0 radical (unpaired) electrons. The van der Waals surface area contributed by atoms with Crippen molar-refractivity contribution in [2.45, 2.75) is 9.79 Å². The van der Waals surface area contributed by atoms with E-state index >= 15 is 0 Å². The minimum Gasteiger partial charge on any atom is -0.354 e. The van der Waals surface area contributed by atoms with Crippen molar-refractivity contribution in [3.8, 4) is 0 Å². The van der Waals surface area contributed by atoms with Crippen molar-refractivity contribution in [1.82, 2.24) is 5.43 Å². The fourth-order valence-electron chi connectivity index (χ4n) is 1.86. The molecule has 0 aliphatic carbocycles. The summed E-state index contributed by atoms with van der Waals surface area (Å²) >= 11 is 1.64. The summed E-state index contributed by atoms with van der Waals surface area (Å²) in [4.78, 5) is 13.7. The highest BCUT2D eigenvalue weighted by Crippen LogP contribution is 2.44. The number of nitrogens with two attached hydrogens (primary N) is 1. The molecule has 19 heavy (non-hydrogen) atoms. The summed E-state index contributed by atoms with van der Waals surface area (Å²) < 4.78 is 0. The molecule has 6 heteroatoms. The maximum absolute atomic E-state index is 11.5. The average Bonchev–Trinajstić information content (AvgIpc) is 2.43. The van der Waals surface area contributed by atoms with Crippen molar-refractivity contribution in [2.24, 2.45) is 5.84 Å². The summed E-state index contributed by atoms with van der Waals surface area (Å²) in [5.74, 6) is 4.85. The Morgan fingerprint density at radius 2 is 1.84 bits per heavy atom. The Hall–Kier alpha value is -1.69. The quantitative estimate of drug-likeness (QED) is 0.367. The predicted octanol–water partition coefficient (Wildman–Crippen LogP) is 2.92. The molecular formula is C13H12ClN3OS. The summed E-state index contributed by atoms with van der Waals surface area (Å²) in [6.45, 7) is 0. The summed E-state index contributed by atoms with van der Waals surface area (Å²) in [5.41, 5.74) is 4.79.